The molecule has 0 aliphatic carbocycles. The molecule has 4 heteroatoms. The van der Waals surface area contributed by atoms with Crippen molar-refractivity contribution in [1.82, 2.24) is 4.90 Å². The number of methoxy groups -OCH3 is 2. The van der Waals surface area contributed by atoms with Gasteiger partial charge in [-0.1, -0.05) is 13.0 Å². The molecule has 0 amide bonds. The third-order valence-corrected chi connectivity index (χ3v) is 2.99. The van der Waals surface area contributed by atoms with Crippen LogP contribution in [0.3, 0.4) is 0 Å². The van der Waals surface area contributed by atoms with Crippen molar-refractivity contribution >= 4 is 5.97 Å². The Hall–Kier alpha value is -0.870. The summed E-state index contributed by atoms with van der Waals surface area (Å²) in [7, 11) is 3.17. The first-order valence-electron chi connectivity index (χ1n) is 5.73. The summed E-state index contributed by atoms with van der Waals surface area (Å²) < 4.78 is 10.00. The Bertz CT molecular complexity index is 263. The maximum atomic E-state index is 11.3. The van der Waals surface area contributed by atoms with Gasteiger partial charge in [-0.25, -0.2) is 4.79 Å². The molecule has 0 N–H and O–H groups in total. The molecule has 0 radical (unpaired) electrons. The van der Waals surface area contributed by atoms with Crippen LogP contribution in [0, 0.1) is 0 Å². The average Bonchev–Trinajstić information content (AvgIpc) is 2.77. The first-order valence-corrected chi connectivity index (χ1v) is 5.73. The molecule has 1 fully saturated rings. The monoisotopic (exact) mass is 227 g/mol. The highest BCUT2D eigenvalue weighted by atomic mass is 16.5. The van der Waals surface area contributed by atoms with Crippen LogP contribution >= 0.6 is 0 Å². The summed E-state index contributed by atoms with van der Waals surface area (Å²) in [5, 5.41) is 0. The Morgan fingerprint density at radius 3 is 2.75 bits per heavy atom. The number of carbonyl (C=O) groups excluding carboxylic acids is 1. The Morgan fingerprint density at radius 1 is 1.50 bits per heavy atom. The molecule has 1 aliphatic heterocycles. The maximum absolute atomic E-state index is 11.3. The molecular weight excluding hydrogens is 206 g/mol. The Balaban J connectivity index is 2.42. The van der Waals surface area contributed by atoms with Crippen molar-refractivity contribution in [3.8, 4) is 0 Å². The second-order valence-corrected chi connectivity index (χ2v) is 3.98. The third kappa shape index (κ3) is 3.61. The number of nitrogens with zero attached hydrogens (tertiary/aromatic N) is 1. The zero-order valence-electron chi connectivity index (χ0n) is 10.4. The molecule has 0 saturated carbocycles. The normalized spacial score (nSPS) is 22.4. The molecule has 1 rings (SSSR count). The lowest BCUT2D eigenvalue weighted by Gasteiger charge is -2.13. The van der Waals surface area contributed by atoms with Crippen molar-refractivity contribution < 1.29 is 14.3 Å². The molecule has 1 saturated heterocycles. The van der Waals surface area contributed by atoms with Crippen molar-refractivity contribution in [3.05, 3.63) is 11.6 Å². The van der Waals surface area contributed by atoms with Crippen LogP contribution in [-0.4, -0.2) is 50.8 Å². The number of hydrogen-bond acceptors (Lipinski definition) is 4. The van der Waals surface area contributed by atoms with Crippen LogP contribution in [0.15, 0.2) is 11.6 Å². The van der Waals surface area contributed by atoms with Gasteiger partial charge in [0.05, 0.1) is 13.2 Å². The highest BCUT2D eigenvalue weighted by Gasteiger charge is 2.21. The van der Waals surface area contributed by atoms with E-state index >= 15 is 0 Å². The van der Waals surface area contributed by atoms with Crippen LogP contribution in [-0.2, 0) is 14.3 Å². The quantitative estimate of drug-likeness (QED) is 0.523. The predicted octanol–water partition coefficient (Wildman–Crippen LogP) is 1.22. The summed E-state index contributed by atoms with van der Waals surface area (Å²) in [4.78, 5) is 13.6. The lowest BCUT2D eigenvalue weighted by molar-refractivity contribution is -0.136. The van der Waals surface area contributed by atoms with Gasteiger partial charge in [0.15, 0.2) is 0 Å². The van der Waals surface area contributed by atoms with Gasteiger partial charge in [0, 0.05) is 32.3 Å². The van der Waals surface area contributed by atoms with E-state index in [0.29, 0.717) is 12.5 Å². The van der Waals surface area contributed by atoms with Gasteiger partial charge in [-0.3, -0.25) is 4.90 Å². The van der Waals surface area contributed by atoms with E-state index in [2.05, 4.69) is 4.90 Å². The summed E-state index contributed by atoms with van der Waals surface area (Å²) in [5.74, 6) is -0.218. The van der Waals surface area contributed by atoms with Gasteiger partial charge in [-0.15, -0.1) is 0 Å². The zero-order valence-corrected chi connectivity index (χ0v) is 10.4. The first-order chi connectivity index (χ1) is 7.71. The van der Waals surface area contributed by atoms with Crippen LogP contribution in [0.5, 0.6) is 0 Å². The molecule has 1 atom stereocenters. The lowest BCUT2D eigenvalue weighted by Crippen LogP contribution is -2.23. The van der Waals surface area contributed by atoms with E-state index < -0.39 is 0 Å². The van der Waals surface area contributed by atoms with E-state index in [-0.39, 0.29) is 5.97 Å². The van der Waals surface area contributed by atoms with E-state index in [9.17, 15) is 4.79 Å². The minimum absolute atomic E-state index is 0.218. The van der Waals surface area contributed by atoms with Crippen LogP contribution < -0.4 is 0 Å². The molecule has 0 spiro atoms. The fourth-order valence-electron chi connectivity index (χ4n) is 1.90. The Kier molecular flexibility index (Phi) is 5.49. The van der Waals surface area contributed by atoms with Gasteiger partial charge < -0.3 is 9.47 Å². The van der Waals surface area contributed by atoms with Crippen molar-refractivity contribution in [2.45, 2.75) is 25.9 Å². The van der Waals surface area contributed by atoms with Gasteiger partial charge in [-0.05, 0) is 12.8 Å². The van der Waals surface area contributed by atoms with E-state index in [4.69, 9.17) is 9.47 Å². The molecule has 4 nitrogen and oxygen atoms in total. The summed E-state index contributed by atoms with van der Waals surface area (Å²) in [6.07, 6.45) is 4.10. The number of esters is 1. The van der Waals surface area contributed by atoms with E-state index in [1.807, 2.05) is 13.0 Å². The molecule has 16 heavy (non-hydrogen) atoms. The number of rotatable bonds is 5. The van der Waals surface area contributed by atoms with Crippen molar-refractivity contribution in [3.63, 3.8) is 0 Å². The summed E-state index contributed by atoms with van der Waals surface area (Å²) in [5.41, 5.74) is 0.753. The summed E-state index contributed by atoms with van der Waals surface area (Å²) in [6, 6.07) is 0. The number of ether oxygens (including phenoxy) is 2. The predicted molar refractivity (Wildman–Crippen MR) is 62.2 cm³/mol. The van der Waals surface area contributed by atoms with Gasteiger partial charge in [0.1, 0.15) is 0 Å². The first kappa shape index (κ1) is 13.2. The second-order valence-electron chi connectivity index (χ2n) is 3.98. The van der Waals surface area contributed by atoms with Gasteiger partial charge >= 0.3 is 5.97 Å². The molecule has 1 unspecified atom stereocenters. The van der Waals surface area contributed by atoms with Crippen LogP contribution in [0.2, 0.25) is 0 Å². The minimum Gasteiger partial charge on any atom is -0.466 e. The molecule has 0 aromatic carbocycles. The Morgan fingerprint density at radius 2 is 2.25 bits per heavy atom. The van der Waals surface area contributed by atoms with E-state index in [1.54, 1.807) is 7.11 Å². The maximum Gasteiger partial charge on any atom is 0.333 e. The van der Waals surface area contributed by atoms with Gasteiger partial charge in [0.2, 0.25) is 0 Å². The van der Waals surface area contributed by atoms with Crippen LogP contribution in [0.4, 0.5) is 0 Å². The molecule has 0 bridgehead atoms. The fourth-order valence-corrected chi connectivity index (χ4v) is 1.90. The number of likely N-dealkylation sites (tertiary alicyclic amines) is 1. The SMILES string of the molecule is CCC(=CCN1CCC(OC)C1)C(=O)OC. The smallest absolute Gasteiger partial charge is 0.333 e. The molecule has 0 aromatic rings. The minimum atomic E-state index is -0.218. The lowest BCUT2D eigenvalue weighted by atomic mass is 10.2. The fraction of sp³-hybridized carbons (Fsp3) is 0.750. The Labute approximate surface area is 97.2 Å². The number of hydrogen-bond donors (Lipinski definition) is 0. The zero-order chi connectivity index (χ0) is 12.0. The van der Waals surface area contributed by atoms with Crippen LogP contribution in [0.25, 0.3) is 0 Å². The second kappa shape index (κ2) is 6.66. The standard InChI is InChI=1S/C12H21NO3/c1-4-10(12(14)16-3)5-7-13-8-6-11(9-13)15-2/h5,11H,4,6-9H2,1-3H3. The topological polar surface area (TPSA) is 38.8 Å². The average molecular weight is 227 g/mol. The summed E-state index contributed by atoms with van der Waals surface area (Å²) >= 11 is 0. The highest BCUT2D eigenvalue weighted by molar-refractivity contribution is 5.88. The molecule has 0 aromatic heterocycles. The van der Waals surface area contributed by atoms with Crippen molar-refractivity contribution in [2.24, 2.45) is 0 Å². The molecule has 92 valence electrons. The summed E-state index contributed by atoms with van der Waals surface area (Å²) in [6.45, 7) is 4.75. The van der Waals surface area contributed by atoms with Crippen LogP contribution in [0.1, 0.15) is 19.8 Å². The molecular formula is C12H21NO3. The molecule has 1 aliphatic rings. The largest absolute Gasteiger partial charge is 0.466 e. The third-order valence-electron chi connectivity index (χ3n) is 2.99. The van der Waals surface area contributed by atoms with Gasteiger partial charge in [-0.2, -0.15) is 0 Å². The van der Waals surface area contributed by atoms with E-state index in [0.717, 1.165) is 31.6 Å². The van der Waals surface area contributed by atoms with E-state index in [1.165, 1.54) is 7.11 Å². The van der Waals surface area contributed by atoms with Gasteiger partial charge in [0.25, 0.3) is 0 Å². The van der Waals surface area contributed by atoms with Crippen molar-refractivity contribution in [2.75, 3.05) is 33.9 Å². The highest BCUT2D eigenvalue weighted by Crippen LogP contribution is 2.12. The number of carbonyl (C=O) groups is 1. The van der Waals surface area contributed by atoms with Crippen molar-refractivity contribution in [1.29, 1.82) is 0 Å². The molecule has 1 heterocycles.